The third kappa shape index (κ3) is 3.68. The van der Waals surface area contributed by atoms with Crippen molar-refractivity contribution in [3.8, 4) is 0 Å². The van der Waals surface area contributed by atoms with Crippen molar-refractivity contribution < 1.29 is 9.52 Å². The van der Waals surface area contributed by atoms with Gasteiger partial charge in [0.25, 0.3) is 0 Å². The number of hydrogen-bond donors (Lipinski definition) is 2. The monoisotopic (exact) mass is 263 g/mol. The Kier molecular flexibility index (Phi) is 4.39. The lowest BCUT2D eigenvalue weighted by molar-refractivity contribution is 0.127. The van der Waals surface area contributed by atoms with Gasteiger partial charge in [0, 0.05) is 30.9 Å². The lowest BCUT2D eigenvalue weighted by atomic mass is 10.1. The van der Waals surface area contributed by atoms with Crippen LogP contribution in [-0.4, -0.2) is 20.9 Å². The predicted octanol–water partition coefficient (Wildman–Crippen LogP) is 2.18. The van der Waals surface area contributed by atoms with Crippen molar-refractivity contribution in [3.05, 3.63) is 42.1 Å². The summed E-state index contributed by atoms with van der Waals surface area (Å²) in [5, 5.41) is 17.6. The molecule has 2 rings (SSSR count). The van der Waals surface area contributed by atoms with Gasteiger partial charge in [0.15, 0.2) is 0 Å². The number of aliphatic hydroxyl groups is 1. The van der Waals surface area contributed by atoms with Gasteiger partial charge in [0.2, 0.25) is 0 Å². The summed E-state index contributed by atoms with van der Waals surface area (Å²) < 4.78 is 6.99. The van der Waals surface area contributed by atoms with E-state index in [0.29, 0.717) is 12.2 Å². The molecule has 0 bridgehead atoms. The Balaban J connectivity index is 1.85. The first-order valence-corrected chi connectivity index (χ1v) is 6.52. The number of nitrogens with zero attached hydrogens (tertiary/aromatic N) is 2. The van der Waals surface area contributed by atoms with Crippen molar-refractivity contribution in [3.63, 3.8) is 0 Å². The van der Waals surface area contributed by atoms with Crippen LogP contribution in [0.5, 0.6) is 0 Å². The Bertz CT molecular complexity index is 493. The number of aliphatic hydroxyl groups excluding tert-OH is 1. The Hall–Kier alpha value is -1.59. The average Bonchev–Trinajstić information content (AvgIpc) is 2.98. The first-order valence-electron chi connectivity index (χ1n) is 6.52. The fourth-order valence-corrected chi connectivity index (χ4v) is 2.19. The van der Waals surface area contributed by atoms with E-state index in [1.807, 2.05) is 19.4 Å². The van der Waals surface area contributed by atoms with Crippen molar-refractivity contribution in [2.45, 2.75) is 38.5 Å². The maximum absolute atomic E-state index is 10.0. The molecule has 3 unspecified atom stereocenters. The smallest absolute Gasteiger partial charge is 0.132 e. The van der Waals surface area contributed by atoms with Gasteiger partial charge in [-0.15, -0.1) is 0 Å². The molecule has 2 heterocycles. The van der Waals surface area contributed by atoms with Crippen molar-refractivity contribution >= 4 is 0 Å². The zero-order valence-electron chi connectivity index (χ0n) is 11.6. The molecular formula is C14H21N3O2. The van der Waals surface area contributed by atoms with Crippen LogP contribution in [0.2, 0.25) is 0 Å². The highest BCUT2D eigenvalue weighted by atomic mass is 16.4. The van der Waals surface area contributed by atoms with E-state index < -0.39 is 6.10 Å². The molecule has 0 aromatic carbocycles. The molecule has 2 aromatic heterocycles. The number of aryl methyl sites for hydroxylation is 1. The van der Waals surface area contributed by atoms with Gasteiger partial charge in [0.1, 0.15) is 11.9 Å². The standard InChI is InChI=1S/C14H21N3O2/c1-10(7-13(18)14-5-4-6-19-14)16-11(2)12-8-15-17(3)9-12/h4-6,8-11,13,16,18H,7H2,1-3H3. The van der Waals surface area contributed by atoms with E-state index in [9.17, 15) is 5.11 Å². The van der Waals surface area contributed by atoms with Gasteiger partial charge in [-0.3, -0.25) is 4.68 Å². The number of aromatic nitrogens is 2. The summed E-state index contributed by atoms with van der Waals surface area (Å²) in [7, 11) is 1.90. The number of furan rings is 1. The maximum Gasteiger partial charge on any atom is 0.132 e. The first kappa shape index (κ1) is 13.8. The molecule has 5 heteroatoms. The molecule has 0 aliphatic carbocycles. The zero-order valence-corrected chi connectivity index (χ0v) is 11.6. The fraction of sp³-hybridized carbons (Fsp3) is 0.500. The van der Waals surface area contributed by atoms with E-state index in [2.05, 4.69) is 24.3 Å². The molecule has 0 aliphatic heterocycles. The minimum absolute atomic E-state index is 0.176. The van der Waals surface area contributed by atoms with Crippen LogP contribution in [0, 0.1) is 0 Å². The molecule has 0 spiro atoms. The van der Waals surface area contributed by atoms with E-state index in [-0.39, 0.29) is 12.1 Å². The Morgan fingerprint density at radius 1 is 1.47 bits per heavy atom. The quantitative estimate of drug-likeness (QED) is 0.838. The summed E-state index contributed by atoms with van der Waals surface area (Å²) in [6.45, 7) is 4.14. The Morgan fingerprint density at radius 2 is 2.26 bits per heavy atom. The highest BCUT2D eigenvalue weighted by Gasteiger charge is 2.17. The lowest BCUT2D eigenvalue weighted by Crippen LogP contribution is -2.30. The average molecular weight is 263 g/mol. The van der Waals surface area contributed by atoms with E-state index in [1.54, 1.807) is 23.1 Å². The maximum atomic E-state index is 10.0. The molecule has 0 aliphatic rings. The third-order valence-electron chi connectivity index (χ3n) is 3.21. The minimum Gasteiger partial charge on any atom is -0.467 e. The van der Waals surface area contributed by atoms with Crippen LogP contribution in [0.15, 0.2) is 35.2 Å². The van der Waals surface area contributed by atoms with E-state index in [0.717, 1.165) is 5.56 Å². The topological polar surface area (TPSA) is 63.2 Å². The van der Waals surface area contributed by atoms with Crippen LogP contribution in [-0.2, 0) is 7.05 Å². The lowest BCUT2D eigenvalue weighted by Gasteiger charge is -2.20. The summed E-state index contributed by atoms with van der Waals surface area (Å²) in [5.74, 6) is 0.614. The van der Waals surface area contributed by atoms with Gasteiger partial charge >= 0.3 is 0 Å². The van der Waals surface area contributed by atoms with Gasteiger partial charge in [-0.05, 0) is 32.4 Å². The van der Waals surface area contributed by atoms with Gasteiger partial charge in [-0.25, -0.2) is 0 Å². The summed E-state index contributed by atoms with van der Waals surface area (Å²) >= 11 is 0. The number of rotatable bonds is 6. The van der Waals surface area contributed by atoms with Crippen LogP contribution >= 0.6 is 0 Å². The molecule has 5 nitrogen and oxygen atoms in total. The van der Waals surface area contributed by atoms with Crippen LogP contribution in [0.1, 0.15) is 43.7 Å². The van der Waals surface area contributed by atoms with Gasteiger partial charge < -0.3 is 14.8 Å². The molecule has 0 fully saturated rings. The molecule has 0 saturated carbocycles. The molecule has 2 aromatic rings. The van der Waals surface area contributed by atoms with E-state index in [4.69, 9.17) is 4.42 Å². The second-order valence-electron chi connectivity index (χ2n) is 5.00. The molecule has 0 saturated heterocycles. The summed E-state index contributed by atoms with van der Waals surface area (Å²) in [5.41, 5.74) is 1.14. The van der Waals surface area contributed by atoms with E-state index >= 15 is 0 Å². The molecular weight excluding hydrogens is 242 g/mol. The highest BCUT2D eigenvalue weighted by Crippen LogP contribution is 2.20. The fourth-order valence-electron chi connectivity index (χ4n) is 2.19. The van der Waals surface area contributed by atoms with Crippen LogP contribution in [0.25, 0.3) is 0 Å². The van der Waals surface area contributed by atoms with Gasteiger partial charge in [0.05, 0.1) is 12.5 Å². The van der Waals surface area contributed by atoms with Crippen molar-refractivity contribution in [1.29, 1.82) is 0 Å². The molecule has 104 valence electrons. The normalized spacial score (nSPS) is 16.2. The first-order chi connectivity index (χ1) is 9.06. The minimum atomic E-state index is -0.571. The zero-order chi connectivity index (χ0) is 13.8. The second kappa shape index (κ2) is 6.04. The number of nitrogens with one attached hydrogen (secondary N) is 1. The van der Waals surface area contributed by atoms with Crippen molar-refractivity contribution in [1.82, 2.24) is 15.1 Å². The van der Waals surface area contributed by atoms with Crippen molar-refractivity contribution in [2.24, 2.45) is 7.05 Å². The molecule has 3 atom stereocenters. The van der Waals surface area contributed by atoms with Crippen LogP contribution < -0.4 is 5.32 Å². The highest BCUT2D eigenvalue weighted by molar-refractivity contribution is 5.09. The Labute approximate surface area is 113 Å². The third-order valence-corrected chi connectivity index (χ3v) is 3.21. The predicted molar refractivity (Wildman–Crippen MR) is 72.5 cm³/mol. The molecule has 0 radical (unpaired) electrons. The van der Waals surface area contributed by atoms with Crippen molar-refractivity contribution in [2.75, 3.05) is 0 Å². The summed E-state index contributed by atoms with van der Waals surface area (Å²) in [6.07, 6.45) is 5.46. The molecule has 2 N–H and O–H groups in total. The number of hydrogen-bond acceptors (Lipinski definition) is 4. The summed E-state index contributed by atoms with van der Waals surface area (Å²) in [6, 6.07) is 3.96. The van der Waals surface area contributed by atoms with Crippen LogP contribution in [0.4, 0.5) is 0 Å². The van der Waals surface area contributed by atoms with Crippen LogP contribution in [0.3, 0.4) is 0 Å². The largest absolute Gasteiger partial charge is 0.467 e. The second-order valence-corrected chi connectivity index (χ2v) is 5.00. The SMILES string of the molecule is CC(CC(O)c1ccco1)NC(C)c1cnn(C)c1. The van der Waals surface area contributed by atoms with E-state index in [1.165, 1.54) is 0 Å². The molecule has 19 heavy (non-hydrogen) atoms. The van der Waals surface area contributed by atoms with Gasteiger partial charge in [-0.1, -0.05) is 0 Å². The molecule has 0 amide bonds. The Morgan fingerprint density at radius 3 is 2.84 bits per heavy atom. The summed E-state index contributed by atoms with van der Waals surface area (Å²) in [4.78, 5) is 0. The van der Waals surface area contributed by atoms with Gasteiger partial charge in [-0.2, -0.15) is 5.10 Å².